The maximum Gasteiger partial charge on any atom is 0.239 e. The van der Waals surface area contributed by atoms with Crippen molar-refractivity contribution in [2.45, 2.75) is 13.0 Å². The number of nitrogens with two attached hydrogens (primary N) is 1. The number of amides is 1. The van der Waals surface area contributed by atoms with Crippen LogP contribution in [0.25, 0.3) is 0 Å². The third-order valence-electron chi connectivity index (χ3n) is 1.65. The zero-order valence-electron chi connectivity index (χ0n) is 7.69. The number of aromatic nitrogens is 1. The second kappa shape index (κ2) is 4.23. The molecule has 1 unspecified atom stereocenters. The van der Waals surface area contributed by atoms with E-state index in [2.05, 4.69) is 10.3 Å². The number of hydrogen-bond donors (Lipinski definition) is 2. The summed E-state index contributed by atoms with van der Waals surface area (Å²) in [4.78, 5) is 14.7. The zero-order chi connectivity index (χ0) is 10.6. The highest BCUT2D eigenvalue weighted by Gasteiger charge is 2.08. The van der Waals surface area contributed by atoms with Crippen LogP contribution < -0.4 is 11.1 Å². The molecule has 0 aliphatic carbocycles. The van der Waals surface area contributed by atoms with Gasteiger partial charge in [-0.3, -0.25) is 4.79 Å². The fourth-order valence-corrected chi connectivity index (χ4v) is 0.870. The lowest BCUT2D eigenvalue weighted by Gasteiger charge is -2.10. The van der Waals surface area contributed by atoms with Crippen molar-refractivity contribution in [1.29, 1.82) is 5.26 Å². The van der Waals surface area contributed by atoms with Gasteiger partial charge in [0.15, 0.2) is 0 Å². The second-order valence-corrected chi connectivity index (χ2v) is 2.79. The fourth-order valence-electron chi connectivity index (χ4n) is 0.870. The van der Waals surface area contributed by atoms with Crippen molar-refractivity contribution in [3.8, 4) is 6.07 Å². The molecule has 1 rings (SSSR count). The Morgan fingerprint density at radius 1 is 1.71 bits per heavy atom. The summed E-state index contributed by atoms with van der Waals surface area (Å²) >= 11 is 0. The number of carbonyl (C=O) groups is 1. The van der Waals surface area contributed by atoms with Gasteiger partial charge < -0.3 is 11.1 Å². The van der Waals surface area contributed by atoms with Gasteiger partial charge in [0, 0.05) is 0 Å². The molecule has 0 spiro atoms. The van der Waals surface area contributed by atoms with E-state index in [0.717, 1.165) is 0 Å². The molecule has 5 nitrogen and oxygen atoms in total. The molecule has 0 saturated heterocycles. The standard InChI is InChI=1S/C9H10N4O/c1-6(9(11)14)12-8-4-2-3-7(5-10)13-8/h2-4,6H,1H3,(H2,11,14)(H,12,13). The highest BCUT2D eigenvalue weighted by atomic mass is 16.1. The normalized spacial score (nSPS) is 11.4. The van der Waals surface area contributed by atoms with E-state index in [1.807, 2.05) is 6.07 Å². The first-order chi connectivity index (χ1) is 6.63. The lowest BCUT2D eigenvalue weighted by Crippen LogP contribution is -2.32. The number of rotatable bonds is 3. The summed E-state index contributed by atoms with van der Waals surface area (Å²) in [6.45, 7) is 1.63. The molecule has 1 amide bonds. The molecule has 0 aliphatic heterocycles. The molecule has 1 atom stereocenters. The van der Waals surface area contributed by atoms with Gasteiger partial charge >= 0.3 is 0 Å². The first-order valence-corrected chi connectivity index (χ1v) is 4.06. The molecule has 0 aliphatic rings. The molecule has 1 aromatic heterocycles. The van der Waals surface area contributed by atoms with Gasteiger partial charge in [-0.15, -0.1) is 0 Å². The van der Waals surface area contributed by atoms with Gasteiger partial charge in [-0.25, -0.2) is 4.98 Å². The largest absolute Gasteiger partial charge is 0.368 e. The summed E-state index contributed by atoms with van der Waals surface area (Å²) in [5.41, 5.74) is 5.36. The van der Waals surface area contributed by atoms with Crippen LogP contribution in [0.4, 0.5) is 5.82 Å². The lowest BCUT2D eigenvalue weighted by molar-refractivity contribution is -0.118. The Bertz CT molecular complexity index is 383. The van der Waals surface area contributed by atoms with E-state index in [0.29, 0.717) is 11.5 Å². The van der Waals surface area contributed by atoms with Crippen LogP contribution in [0.2, 0.25) is 0 Å². The lowest BCUT2D eigenvalue weighted by atomic mass is 10.3. The van der Waals surface area contributed by atoms with Gasteiger partial charge in [0.2, 0.25) is 5.91 Å². The average Bonchev–Trinajstić information content (AvgIpc) is 2.18. The molecule has 1 aromatic rings. The van der Waals surface area contributed by atoms with E-state index in [-0.39, 0.29) is 0 Å². The van der Waals surface area contributed by atoms with Crippen molar-refractivity contribution in [1.82, 2.24) is 4.98 Å². The third kappa shape index (κ3) is 2.45. The Kier molecular flexibility index (Phi) is 3.02. The molecule has 1 heterocycles. The summed E-state index contributed by atoms with van der Waals surface area (Å²) in [6.07, 6.45) is 0. The average molecular weight is 190 g/mol. The molecule has 0 radical (unpaired) electrons. The van der Waals surface area contributed by atoms with Crippen molar-refractivity contribution in [3.63, 3.8) is 0 Å². The van der Waals surface area contributed by atoms with Crippen LogP contribution in [0.1, 0.15) is 12.6 Å². The summed E-state index contributed by atoms with van der Waals surface area (Å²) in [5.74, 6) is 0.00418. The van der Waals surface area contributed by atoms with Crippen LogP contribution in [-0.4, -0.2) is 16.9 Å². The summed E-state index contributed by atoms with van der Waals surface area (Å²) in [7, 11) is 0. The molecule has 0 aromatic carbocycles. The summed E-state index contributed by atoms with van der Waals surface area (Å²) < 4.78 is 0. The van der Waals surface area contributed by atoms with Gasteiger partial charge in [0.25, 0.3) is 0 Å². The molecule has 3 N–H and O–H groups in total. The summed E-state index contributed by atoms with van der Waals surface area (Å²) in [5, 5.41) is 11.4. The van der Waals surface area contributed by atoms with Crippen molar-refractivity contribution in [2.24, 2.45) is 5.73 Å². The number of hydrogen-bond acceptors (Lipinski definition) is 4. The Morgan fingerprint density at radius 2 is 2.43 bits per heavy atom. The molecule has 14 heavy (non-hydrogen) atoms. The quantitative estimate of drug-likeness (QED) is 0.714. The minimum Gasteiger partial charge on any atom is -0.368 e. The van der Waals surface area contributed by atoms with E-state index in [1.165, 1.54) is 0 Å². The molecular formula is C9H10N4O. The summed E-state index contributed by atoms with van der Waals surface area (Å²) in [6, 6.07) is 6.33. The molecule has 0 saturated carbocycles. The maximum absolute atomic E-state index is 10.7. The Balaban J connectivity index is 2.78. The van der Waals surface area contributed by atoms with Crippen molar-refractivity contribution < 1.29 is 4.79 Å². The Hall–Kier alpha value is -2.09. The number of nitrogens with zero attached hydrogens (tertiary/aromatic N) is 2. The molecule has 5 heteroatoms. The van der Waals surface area contributed by atoms with Crippen molar-refractivity contribution in [3.05, 3.63) is 23.9 Å². The van der Waals surface area contributed by atoms with Crippen LogP contribution >= 0.6 is 0 Å². The van der Waals surface area contributed by atoms with Crippen molar-refractivity contribution >= 4 is 11.7 Å². The highest BCUT2D eigenvalue weighted by Crippen LogP contribution is 2.05. The van der Waals surface area contributed by atoms with Gasteiger partial charge in [-0.05, 0) is 19.1 Å². The van der Waals surface area contributed by atoms with E-state index >= 15 is 0 Å². The fraction of sp³-hybridized carbons (Fsp3) is 0.222. The smallest absolute Gasteiger partial charge is 0.239 e. The van der Waals surface area contributed by atoms with Crippen LogP contribution in [0.15, 0.2) is 18.2 Å². The monoisotopic (exact) mass is 190 g/mol. The number of nitriles is 1. The molecule has 0 fully saturated rings. The van der Waals surface area contributed by atoms with Gasteiger partial charge in [0.1, 0.15) is 23.6 Å². The number of carbonyl (C=O) groups excluding carboxylic acids is 1. The van der Waals surface area contributed by atoms with E-state index < -0.39 is 11.9 Å². The van der Waals surface area contributed by atoms with Crippen LogP contribution in [0.5, 0.6) is 0 Å². The first kappa shape index (κ1) is 9.99. The minimum absolute atomic E-state index is 0.298. The van der Waals surface area contributed by atoms with E-state index in [4.69, 9.17) is 11.0 Å². The van der Waals surface area contributed by atoms with Gasteiger partial charge in [-0.2, -0.15) is 5.26 Å². The zero-order valence-corrected chi connectivity index (χ0v) is 7.69. The van der Waals surface area contributed by atoms with Crippen molar-refractivity contribution in [2.75, 3.05) is 5.32 Å². The second-order valence-electron chi connectivity index (χ2n) is 2.79. The SMILES string of the molecule is CC(Nc1cccc(C#N)n1)C(N)=O. The third-order valence-corrected chi connectivity index (χ3v) is 1.65. The molecule has 72 valence electrons. The van der Waals surface area contributed by atoms with Crippen LogP contribution in [-0.2, 0) is 4.79 Å². The van der Waals surface area contributed by atoms with Crippen LogP contribution in [0.3, 0.4) is 0 Å². The van der Waals surface area contributed by atoms with Gasteiger partial charge in [-0.1, -0.05) is 6.07 Å². The van der Waals surface area contributed by atoms with E-state index in [1.54, 1.807) is 25.1 Å². The van der Waals surface area contributed by atoms with Gasteiger partial charge in [0.05, 0.1) is 0 Å². The molecule has 0 bridgehead atoms. The maximum atomic E-state index is 10.7. The Labute approximate surface area is 81.6 Å². The topological polar surface area (TPSA) is 91.8 Å². The number of anilines is 1. The number of nitrogens with one attached hydrogen (secondary N) is 1. The highest BCUT2D eigenvalue weighted by molar-refractivity contribution is 5.82. The number of primary amides is 1. The number of pyridine rings is 1. The first-order valence-electron chi connectivity index (χ1n) is 4.06. The van der Waals surface area contributed by atoms with Crippen LogP contribution in [0, 0.1) is 11.3 Å². The molecular weight excluding hydrogens is 180 g/mol. The van der Waals surface area contributed by atoms with E-state index in [9.17, 15) is 4.79 Å². The Morgan fingerprint density at radius 3 is 3.00 bits per heavy atom. The predicted molar refractivity (Wildman–Crippen MR) is 51.2 cm³/mol. The predicted octanol–water partition coefficient (Wildman–Crippen LogP) is 0.239. The minimum atomic E-state index is -0.503.